The molecule has 3 rings (SSSR count). The van der Waals surface area contributed by atoms with Crippen LogP contribution in [0.25, 0.3) is 10.9 Å². The first-order chi connectivity index (χ1) is 11.1. The second-order valence-corrected chi connectivity index (χ2v) is 7.37. The molecule has 1 aromatic heterocycles. The van der Waals surface area contributed by atoms with Gasteiger partial charge in [-0.15, -0.1) is 0 Å². The number of aliphatic hydroxyl groups is 1. The third kappa shape index (κ3) is 3.03. The lowest BCUT2D eigenvalue weighted by molar-refractivity contribution is 0.0678. The van der Waals surface area contributed by atoms with Crippen LogP contribution in [-0.2, 0) is 16.7 Å². The number of rotatable bonds is 4. The summed E-state index contributed by atoms with van der Waals surface area (Å²) in [5.74, 6) is 0.171. The molecule has 1 saturated heterocycles. The summed E-state index contributed by atoms with van der Waals surface area (Å²) in [5, 5.41) is 20.4. The average Bonchev–Trinajstić information content (AvgIpc) is 2.93. The molecular formula is C18H21BrN2O2. The van der Waals surface area contributed by atoms with E-state index in [2.05, 4.69) is 44.9 Å². The zero-order valence-corrected chi connectivity index (χ0v) is 14.8. The molecule has 1 aliphatic heterocycles. The molecule has 0 bridgehead atoms. The minimum Gasteiger partial charge on any atom is -0.396 e. The molecule has 0 spiro atoms. The maximum Gasteiger partial charge on any atom is 0.0886 e. The van der Waals surface area contributed by atoms with Gasteiger partial charge in [0.1, 0.15) is 0 Å². The van der Waals surface area contributed by atoms with Gasteiger partial charge >= 0.3 is 0 Å². The highest BCUT2D eigenvalue weighted by atomic mass is 79.9. The van der Waals surface area contributed by atoms with Gasteiger partial charge in [0.25, 0.3) is 0 Å². The van der Waals surface area contributed by atoms with Gasteiger partial charge in [-0.3, -0.25) is 0 Å². The highest BCUT2D eigenvalue weighted by Gasteiger charge is 2.37. The molecule has 4 nitrogen and oxygen atoms in total. The maximum absolute atomic E-state index is 9.88. The Kier molecular flexibility index (Phi) is 4.77. The van der Waals surface area contributed by atoms with Gasteiger partial charge in [0.05, 0.1) is 11.5 Å². The summed E-state index contributed by atoms with van der Waals surface area (Å²) < 4.78 is 8.66. The van der Waals surface area contributed by atoms with Crippen molar-refractivity contribution in [1.29, 1.82) is 5.26 Å². The fraction of sp³-hybridized carbons (Fsp3) is 0.500. The van der Waals surface area contributed by atoms with Crippen LogP contribution in [-0.4, -0.2) is 29.5 Å². The third-order valence-electron chi connectivity index (χ3n) is 4.74. The number of halogens is 1. The standard InChI is InChI=1S/C18H21BrN2O2/c1-13(11-22)9-21-10-16(15-3-2-14(19)8-17(15)21)18(12-20)4-6-23-7-5-18/h2-3,8,10,13,22H,4-7,9,11H2,1H3/t13-/m0/s1. The number of nitrogens with zero attached hydrogens (tertiary/aromatic N) is 2. The topological polar surface area (TPSA) is 58.2 Å². The second-order valence-electron chi connectivity index (χ2n) is 6.45. The van der Waals surface area contributed by atoms with Crippen LogP contribution in [0.15, 0.2) is 28.9 Å². The summed E-state index contributed by atoms with van der Waals surface area (Å²) in [4.78, 5) is 0. The van der Waals surface area contributed by atoms with Gasteiger partial charge in [-0.05, 0) is 36.5 Å². The molecule has 0 aliphatic carbocycles. The predicted octanol–water partition coefficient (Wildman–Crippen LogP) is 3.60. The van der Waals surface area contributed by atoms with Crippen LogP contribution in [0, 0.1) is 17.2 Å². The highest BCUT2D eigenvalue weighted by molar-refractivity contribution is 9.10. The molecule has 2 aromatic rings. The van der Waals surface area contributed by atoms with Crippen molar-refractivity contribution in [2.75, 3.05) is 19.8 Å². The zero-order valence-electron chi connectivity index (χ0n) is 13.3. The van der Waals surface area contributed by atoms with Crippen LogP contribution >= 0.6 is 15.9 Å². The monoisotopic (exact) mass is 376 g/mol. The summed E-state index contributed by atoms with van der Waals surface area (Å²) in [5.41, 5.74) is 1.73. The van der Waals surface area contributed by atoms with E-state index in [4.69, 9.17) is 4.74 Å². The fourth-order valence-corrected chi connectivity index (χ4v) is 3.70. The Bertz CT molecular complexity index is 741. The van der Waals surface area contributed by atoms with Crippen molar-refractivity contribution >= 4 is 26.8 Å². The van der Waals surface area contributed by atoms with E-state index in [9.17, 15) is 10.4 Å². The minimum atomic E-state index is -0.474. The van der Waals surface area contributed by atoms with Crippen molar-refractivity contribution in [3.8, 4) is 6.07 Å². The van der Waals surface area contributed by atoms with Crippen molar-refractivity contribution in [1.82, 2.24) is 4.57 Å². The minimum absolute atomic E-state index is 0.153. The number of ether oxygens (including phenoxy) is 1. The van der Waals surface area contributed by atoms with Gasteiger partial charge in [0.15, 0.2) is 0 Å². The largest absolute Gasteiger partial charge is 0.396 e. The Hall–Kier alpha value is -1.35. The van der Waals surface area contributed by atoms with Crippen molar-refractivity contribution in [3.63, 3.8) is 0 Å². The van der Waals surface area contributed by atoms with E-state index in [0.717, 1.165) is 40.3 Å². The Balaban J connectivity index is 2.15. The summed E-state index contributed by atoms with van der Waals surface area (Å²) in [6.45, 7) is 4.17. The van der Waals surface area contributed by atoms with Crippen LogP contribution < -0.4 is 0 Å². The lowest BCUT2D eigenvalue weighted by Crippen LogP contribution is -2.32. The molecule has 1 aromatic carbocycles. The number of hydrogen-bond donors (Lipinski definition) is 1. The van der Waals surface area contributed by atoms with Crippen LogP contribution in [0.5, 0.6) is 0 Å². The number of aromatic nitrogens is 1. The Morgan fingerprint density at radius 2 is 2.17 bits per heavy atom. The van der Waals surface area contributed by atoms with E-state index in [1.54, 1.807) is 0 Å². The van der Waals surface area contributed by atoms with E-state index in [1.165, 1.54) is 0 Å². The van der Waals surface area contributed by atoms with Crippen molar-refractivity contribution in [3.05, 3.63) is 34.4 Å². The first kappa shape index (κ1) is 16.5. The molecule has 5 heteroatoms. The van der Waals surface area contributed by atoms with Gasteiger partial charge in [-0.1, -0.05) is 28.9 Å². The molecule has 0 amide bonds. The maximum atomic E-state index is 9.88. The van der Waals surface area contributed by atoms with Gasteiger partial charge in [0.2, 0.25) is 0 Å². The molecule has 2 heterocycles. The predicted molar refractivity (Wildman–Crippen MR) is 93.2 cm³/mol. The average molecular weight is 377 g/mol. The second kappa shape index (κ2) is 6.64. The van der Waals surface area contributed by atoms with Crippen molar-refractivity contribution < 1.29 is 9.84 Å². The van der Waals surface area contributed by atoms with Crippen LogP contribution in [0.1, 0.15) is 25.3 Å². The fourth-order valence-electron chi connectivity index (χ4n) is 3.35. The van der Waals surface area contributed by atoms with Crippen LogP contribution in [0.4, 0.5) is 0 Å². The number of fused-ring (bicyclic) bond motifs is 1. The molecular weight excluding hydrogens is 356 g/mol. The number of aliphatic hydroxyl groups excluding tert-OH is 1. The molecule has 0 radical (unpaired) electrons. The number of hydrogen-bond acceptors (Lipinski definition) is 3. The SMILES string of the molecule is C[C@H](CO)Cn1cc(C2(C#N)CCOCC2)c2ccc(Br)cc21. The molecule has 1 fully saturated rings. The Morgan fingerprint density at radius 3 is 2.83 bits per heavy atom. The summed E-state index contributed by atoms with van der Waals surface area (Å²) in [7, 11) is 0. The quantitative estimate of drug-likeness (QED) is 0.886. The Morgan fingerprint density at radius 1 is 1.43 bits per heavy atom. The molecule has 122 valence electrons. The molecule has 0 unspecified atom stereocenters. The van der Waals surface area contributed by atoms with Gasteiger partial charge in [-0.2, -0.15) is 5.26 Å². The van der Waals surface area contributed by atoms with Gasteiger partial charge < -0.3 is 14.4 Å². The smallest absolute Gasteiger partial charge is 0.0886 e. The number of nitriles is 1. The van der Waals surface area contributed by atoms with Crippen molar-refractivity contribution in [2.45, 2.75) is 31.7 Å². The highest BCUT2D eigenvalue weighted by Crippen LogP contribution is 2.40. The third-order valence-corrected chi connectivity index (χ3v) is 5.23. The lowest BCUT2D eigenvalue weighted by atomic mass is 9.75. The van der Waals surface area contributed by atoms with Gasteiger partial charge in [-0.25, -0.2) is 0 Å². The van der Waals surface area contributed by atoms with Crippen molar-refractivity contribution in [2.24, 2.45) is 5.92 Å². The first-order valence-corrected chi connectivity index (χ1v) is 8.77. The molecule has 1 aliphatic rings. The lowest BCUT2D eigenvalue weighted by Gasteiger charge is -2.30. The van der Waals surface area contributed by atoms with E-state index < -0.39 is 5.41 Å². The van der Waals surface area contributed by atoms with E-state index in [-0.39, 0.29) is 12.5 Å². The van der Waals surface area contributed by atoms with E-state index >= 15 is 0 Å². The molecule has 1 N–H and O–H groups in total. The molecule has 0 saturated carbocycles. The molecule has 23 heavy (non-hydrogen) atoms. The summed E-state index contributed by atoms with van der Waals surface area (Å²) >= 11 is 3.54. The normalized spacial score (nSPS) is 18.7. The van der Waals surface area contributed by atoms with Crippen LogP contribution in [0.3, 0.4) is 0 Å². The van der Waals surface area contributed by atoms with E-state index in [1.807, 2.05) is 13.0 Å². The first-order valence-electron chi connectivity index (χ1n) is 7.98. The molecule has 1 atom stereocenters. The Labute approximate surface area is 144 Å². The summed E-state index contributed by atoms with van der Waals surface area (Å²) in [6.07, 6.45) is 3.57. The number of benzene rings is 1. The van der Waals surface area contributed by atoms with Crippen LogP contribution in [0.2, 0.25) is 0 Å². The summed E-state index contributed by atoms with van der Waals surface area (Å²) in [6, 6.07) is 8.77. The van der Waals surface area contributed by atoms with E-state index in [0.29, 0.717) is 13.2 Å². The zero-order chi connectivity index (χ0) is 16.4. The van der Waals surface area contributed by atoms with Gasteiger partial charge in [0, 0.05) is 47.9 Å².